The van der Waals surface area contributed by atoms with Gasteiger partial charge in [-0.05, 0) is 69.0 Å². The van der Waals surface area contributed by atoms with Crippen molar-refractivity contribution in [3.05, 3.63) is 57.6 Å². The average molecular weight is 475 g/mol. The fourth-order valence-electron chi connectivity index (χ4n) is 3.55. The molecule has 2 heterocycles. The Hall–Kier alpha value is -2.53. The van der Waals surface area contributed by atoms with Gasteiger partial charge >= 0.3 is 0 Å². The van der Waals surface area contributed by atoms with Gasteiger partial charge in [0.25, 0.3) is 11.8 Å². The third-order valence-corrected chi connectivity index (χ3v) is 5.75. The molecule has 0 aromatic heterocycles. The Labute approximate surface area is 204 Å². The summed E-state index contributed by atoms with van der Waals surface area (Å²) in [7, 11) is 3.60. The lowest BCUT2D eigenvalue weighted by Gasteiger charge is -2.36. The maximum absolute atomic E-state index is 11.9. The molecule has 0 bridgehead atoms. The van der Waals surface area contributed by atoms with Gasteiger partial charge in [-0.1, -0.05) is 51.4 Å². The lowest BCUT2D eigenvalue weighted by Crippen LogP contribution is -2.50. The summed E-state index contributed by atoms with van der Waals surface area (Å²) in [5.74, 6) is 0.842. The highest BCUT2D eigenvalue weighted by Crippen LogP contribution is 2.37. The van der Waals surface area contributed by atoms with Crippen LogP contribution in [0.3, 0.4) is 0 Å². The number of anilines is 1. The van der Waals surface area contributed by atoms with Crippen LogP contribution in [-0.4, -0.2) is 43.0 Å². The molecular weight excluding hydrogens is 436 g/mol. The SMILES string of the molecule is CC.CC.Cc1cc2c(cc1Cl)C(=O)N(C)CC2.Cc1ccc2c(c1)OC(C)(C)C(=O)N2C. The molecule has 0 N–H and O–H groups in total. The minimum Gasteiger partial charge on any atom is -0.476 e. The molecule has 2 aromatic carbocycles. The second kappa shape index (κ2) is 12.1. The highest BCUT2D eigenvalue weighted by atomic mass is 35.5. The third kappa shape index (κ3) is 6.50. The molecule has 2 aliphatic rings. The van der Waals surface area contributed by atoms with Crippen LogP contribution in [0.15, 0.2) is 30.3 Å². The van der Waals surface area contributed by atoms with Gasteiger partial charge in [-0.15, -0.1) is 0 Å². The number of rotatable bonds is 0. The number of nitrogens with zero attached hydrogens (tertiary/aromatic N) is 2. The fourth-order valence-corrected chi connectivity index (χ4v) is 3.72. The molecule has 2 aliphatic heterocycles. The number of carbonyl (C=O) groups is 2. The van der Waals surface area contributed by atoms with Gasteiger partial charge in [0.2, 0.25) is 0 Å². The van der Waals surface area contributed by atoms with E-state index in [0.717, 1.165) is 46.7 Å². The Balaban J connectivity index is 0.000000288. The first-order valence-corrected chi connectivity index (χ1v) is 12.0. The van der Waals surface area contributed by atoms with Crippen LogP contribution in [0, 0.1) is 13.8 Å². The Morgan fingerprint density at radius 2 is 1.58 bits per heavy atom. The summed E-state index contributed by atoms with van der Waals surface area (Å²) in [5.41, 5.74) is 4.12. The van der Waals surface area contributed by atoms with Crippen LogP contribution >= 0.6 is 11.6 Å². The van der Waals surface area contributed by atoms with Crippen molar-refractivity contribution in [1.29, 1.82) is 0 Å². The number of likely N-dealkylation sites (N-methyl/N-ethyl adjacent to an activating group) is 2. The van der Waals surface area contributed by atoms with Crippen molar-refractivity contribution in [3.8, 4) is 5.75 Å². The quantitative estimate of drug-likeness (QED) is 0.440. The van der Waals surface area contributed by atoms with Crippen LogP contribution in [0.2, 0.25) is 5.02 Å². The first-order chi connectivity index (χ1) is 15.5. The van der Waals surface area contributed by atoms with E-state index in [0.29, 0.717) is 5.02 Å². The van der Waals surface area contributed by atoms with Crippen molar-refractivity contribution in [2.24, 2.45) is 0 Å². The number of aryl methyl sites for hydroxylation is 2. The van der Waals surface area contributed by atoms with E-state index >= 15 is 0 Å². The van der Waals surface area contributed by atoms with Gasteiger partial charge in [0.15, 0.2) is 5.60 Å². The van der Waals surface area contributed by atoms with Crippen LogP contribution in [0.4, 0.5) is 5.69 Å². The smallest absolute Gasteiger partial charge is 0.270 e. The minimum absolute atomic E-state index is 0.0150. The lowest BCUT2D eigenvalue weighted by molar-refractivity contribution is -0.132. The number of carbonyl (C=O) groups excluding carboxylic acids is 2. The zero-order valence-corrected chi connectivity index (χ0v) is 22.6. The zero-order chi connectivity index (χ0) is 25.5. The van der Waals surface area contributed by atoms with Crippen LogP contribution in [0.25, 0.3) is 0 Å². The molecule has 0 saturated carbocycles. The Morgan fingerprint density at radius 1 is 0.970 bits per heavy atom. The molecule has 0 atom stereocenters. The van der Waals surface area contributed by atoms with E-state index in [1.807, 2.05) is 72.9 Å². The zero-order valence-electron chi connectivity index (χ0n) is 21.8. The summed E-state index contributed by atoms with van der Waals surface area (Å²) in [5, 5.41) is 0.674. The number of halogens is 1. The average Bonchev–Trinajstić information content (AvgIpc) is 2.79. The van der Waals surface area contributed by atoms with E-state index in [-0.39, 0.29) is 11.8 Å². The van der Waals surface area contributed by atoms with E-state index in [4.69, 9.17) is 16.3 Å². The van der Waals surface area contributed by atoms with Crippen molar-refractivity contribution in [3.63, 3.8) is 0 Å². The molecule has 0 radical (unpaired) electrons. The maximum atomic E-state index is 11.9. The summed E-state index contributed by atoms with van der Waals surface area (Å²) in [6.07, 6.45) is 0.926. The minimum atomic E-state index is -0.768. The van der Waals surface area contributed by atoms with Gasteiger partial charge in [-0.3, -0.25) is 9.59 Å². The summed E-state index contributed by atoms with van der Waals surface area (Å²) < 4.78 is 5.69. The van der Waals surface area contributed by atoms with Gasteiger partial charge in [-0.2, -0.15) is 0 Å². The monoisotopic (exact) mass is 474 g/mol. The Morgan fingerprint density at radius 3 is 2.18 bits per heavy atom. The topological polar surface area (TPSA) is 49.9 Å². The van der Waals surface area contributed by atoms with Crippen LogP contribution in [-0.2, 0) is 11.2 Å². The standard InChI is InChI=1S/C12H15NO2.C11H12ClNO.2C2H6/c1-8-5-6-9-10(7-8)15-12(2,3)11(14)13(9)4;1-7-5-8-3-4-13(2)11(14)9(8)6-10(7)12;2*1-2/h5-7H,1-4H3;5-6H,3-4H2,1-2H3;2*1-2H3. The van der Waals surface area contributed by atoms with E-state index in [9.17, 15) is 9.59 Å². The molecular formula is C27H39ClN2O3. The third-order valence-electron chi connectivity index (χ3n) is 5.34. The van der Waals surface area contributed by atoms with Crippen molar-refractivity contribution < 1.29 is 14.3 Å². The molecule has 4 rings (SSSR count). The number of hydrogen-bond acceptors (Lipinski definition) is 3. The van der Waals surface area contributed by atoms with Crippen molar-refractivity contribution >= 4 is 29.1 Å². The van der Waals surface area contributed by atoms with Gasteiger partial charge in [0.1, 0.15) is 5.75 Å². The molecule has 33 heavy (non-hydrogen) atoms. The van der Waals surface area contributed by atoms with Crippen LogP contribution in [0.1, 0.15) is 68.6 Å². The largest absolute Gasteiger partial charge is 0.476 e. The van der Waals surface area contributed by atoms with Crippen molar-refractivity contribution in [1.82, 2.24) is 4.90 Å². The molecule has 2 aromatic rings. The first-order valence-electron chi connectivity index (χ1n) is 11.6. The fraction of sp³-hybridized carbons (Fsp3) is 0.481. The Kier molecular flexibility index (Phi) is 10.4. The highest BCUT2D eigenvalue weighted by Gasteiger charge is 2.39. The van der Waals surface area contributed by atoms with E-state index < -0.39 is 5.60 Å². The highest BCUT2D eigenvalue weighted by molar-refractivity contribution is 6.31. The van der Waals surface area contributed by atoms with E-state index in [1.54, 1.807) is 36.8 Å². The summed E-state index contributed by atoms with van der Waals surface area (Å²) in [4.78, 5) is 27.0. The second-order valence-corrected chi connectivity index (χ2v) is 8.59. The predicted octanol–water partition coefficient (Wildman–Crippen LogP) is 6.46. The van der Waals surface area contributed by atoms with Gasteiger partial charge in [0.05, 0.1) is 5.69 Å². The Bertz CT molecular complexity index is 986. The number of amides is 2. The number of hydrogen-bond donors (Lipinski definition) is 0. The van der Waals surface area contributed by atoms with Crippen LogP contribution < -0.4 is 9.64 Å². The first kappa shape index (κ1) is 28.5. The molecule has 0 spiro atoms. The molecule has 0 aliphatic carbocycles. The van der Waals surface area contributed by atoms with Crippen molar-refractivity contribution in [2.45, 2.75) is 67.4 Å². The molecule has 182 valence electrons. The lowest BCUT2D eigenvalue weighted by atomic mass is 9.97. The van der Waals surface area contributed by atoms with E-state index in [2.05, 4.69) is 0 Å². The molecule has 0 unspecified atom stereocenters. The van der Waals surface area contributed by atoms with Crippen LogP contribution in [0.5, 0.6) is 5.75 Å². The second-order valence-electron chi connectivity index (χ2n) is 8.18. The molecule has 2 amide bonds. The van der Waals surface area contributed by atoms with Gasteiger partial charge in [0, 0.05) is 31.2 Å². The number of benzene rings is 2. The molecule has 0 fully saturated rings. The molecule has 0 saturated heterocycles. The van der Waals surface area contributed by atoms with Crippen molar-refractivity contribution in [2.75, 3.05) is 25.5 Å². The maximum Gasteiger partial charge on any atom is 0.270 e. The van der Waals surface area contributed by atoms with E-state index in [1.165, 1.54) is 0 Å². The summed E-state index contributed by atoms with van der Waals surface area (Å²) >= 11 is 5.99. The number of fused-ring (bicyclic) bond motifs is 2. The predicted molar refractivity (Wildman–Crippen MR) is 139 cm³/mol. The van der Waals surface area contributed by atoms with Gasteiger partial charge < -0.3 is 14.5 Å². The van der Waals surface area contributed by atoms with Gasteiger partial charge in [-0.25, -0.2) is 0 Å². The summed E-state index contributed by atoms with van der Waals surface area (Å²) in [6.45, 7) is 16.3. The summed E-state index contributed by atoms with van der Waals surface area (Å²) in [6, 6.07) is 9.65. The molecule has 6 heteroatoms. The normalized spacial score (nSPS) is 15.4. The molecule has 5 nitrogen and oxygen atoms in total. The number of ether oxygens (including phenoxy) is 1.